The third-order valence-electron chi connectivity index (χ3n) is 6.08. The summed E-state index contributed by atoms with van der Waals surface area (Å²) < 4.78 is 22.0. The molecule has 0 saturated carbocycles. The minimum atomic E-state index is -0.459. The van der Waals surface area contributed by atoms with E-state index in [1.165, 1.54) is 6.07 Å². The van der Waals surface area contributed by atoms with Crippen LogP contribution in [0, 0.1) is 17.1 Å². The molecule has 0 amide bonds. The number of nitriles is 1. The lowest BCUT2D eigenvalue weighted by atomic mass is 10.0. The van der Waals surface area contributed by atoms with Gasteiger partial charge >= 0.3 is 0 Å². The average molecular weight is 483 g/mol. The first-order valence-electron chi connectivity index (χ1n) is 11.9. The predicted octanol–water partition coefficient (Wildman–Crippen LogP) is 1.94. The molecule has 35 heavy (non-hydrogen) atoms. The van der Waals surface area contributed by atoms with Crippen LogP contribution in [0.2, 0.25) is 0 Å². The van der Waals surface area contributed by atoms with Crippen molar-refractivity contribution in [2.75, 3.05) is 43.5 Å². The Morgan fingerprint density at radius 3 is 2.94 bits per heavy atom. The van der Waals surface area contributed by atoms with Crippen LogP contribution in [0.3, 0.4) is 0 Å². The fourth-order valence-corrected chi connectivity index (χ4v) is 4.23. The fourth-order valence-electron chi connectivity index (χ4n) is 4.23. The second-order valence-corrected chi connectivity index (χ2v) is 8.69. The number of halogens is 1. The number of nitrogens with two attached hydrogens (primary N) is 1. The van der Waals surface area contributed by atoms with Gasteiger partial charge < -0.3 is 25.8 Å². The van der Waals surface area contributed by atoms with Crippen LogP contribution in [0.25, 0.3) is 11.0 Å². The Balaban J connectivity index is 1.61. The summed E-state index contributed by atoms with van der Waals surface area (Å²) in [6.07, 6.45) is 4.49. The van der Waals surface area contributed by atoms with Gasteiger partial charge in [-0.25, -0.2) is 9.37 Å². The van der Waals surface area contributed by atoms with Gasteiger partial charge in [0.25, 0.3) is 0 Å². The molecule has 0 radical (unpaired) electrons. The molecule has 1 aliphatic heterocycles. The Morgan fingerprint density at radius 2 is 2.23 bits per heavy atom. The van der Waals surface area contributed by atoms with Crippen LogP contribution in [0.15, 0.2) is 18.3 Å². The number of aliphatic hydroxyl groups is 1. The molecule has 1 fully saturated rings. The molecular weight excluding hydrogens is 451 g/mol. The zero-order chi connectivity index (χ0) is 24.8. The van der Waals surface area contributed by atoms with Crippen molar-refractivity contribution in [3.8, 4) is 6.07 Å². The summed E-state index contributed by atoms with van der Waals surface area (Å²) in [7, 11) is 0. The zero-order valence-electron chi connectivity index (χ0n) is 19.9. The van der Waals surface area contributed by atoms with E-state index in [1.807, 2.05) is 4.90 Å². The molecule has 10 nitrogen and oxygen atoms in total. The van der Waals surface area contributed by atoms with E-state index in [0.717, 1.165) is 25.9 Å². The zero-order valence-corrected chi connectivity index (χ0v) is 19.9. The standard InChI is InChI=1S/C24H31FN8O2/c1-2-3-5-32(6-7-34)23-22-21(29-24(27)30-23)14-33(31-22)13-19-17(11-26)9-16(10-20(19)25)12-28-18-4-8-35-15-18/h9-10,14,18,28,34H,2-8,12-13,15H2,1H3,(H2,27,29)/t18-/m1/s1. The van der Waals surface area contributed by atoms with E-state index >= 15 is 4.39 Å². The van der Waals surface area contributed by atoms with Crippen LogP contribution in [0.5, 0.6) is 0 Å². The predicted molar refractivity (Wildman–Crippen MR) is 130 cm³/mol. The number of benzene rings is 1. The van der Waals surface area contributed by atoms with Gasteiger partial charge in [0.15, 0.2) is 11.3 Å². The summed E-state index contributed by atoms with van der Waals surface area (Å²) in [6, 6.07) is 5.53. The SMILES string of the molecule is CCCCN(CCO)c1nc(N)nc2cn(Cc3c(F)cc(CN[C@@H]4CCOC4)cc3C#N)nc12. The molecule has 2 aromatic heterocycles. The molecule has 3 heterocycles. The number of unbranched alkanes of at least 4 members (excludes halogenated alkanes) is 1. The van der Waals surface area contributed by atoms with Crippen LogP contribution in [-0.2, 0) is 17.8 Å². The molecule has 0 bridgehead atoms. The minimum absolute atomic E-state index is 0.0401. The van der Waals surface area contributed by atoms with E-state index in [-0.39, 0.29) is 36.3 Å². The highest BCUT2D eigenvalue weighted by Crippen LogP contribution is 2.25. The number of fused-ring (bicyclic) bond motifs is 1. The molecule has 3 aromatic rings. The number of nitrogen functional groups attached to an aromatic ring is 1. The van der Waals surface area contributed by atoms with Gasteiger partial charge in [0.2, 0.25) is 5.95 Å². The highest BCUT2D eigenvalue weighted by atomic mass is 19.1. The van der Waals surface area contributed by atoms with E-state index in [1.54, 1.807) is 16.9 Å². The first-order valence-corrected chi connectivity index (χ1v) is 11.9. The first kappa shape index (κ1) is 24.8. The Bertz CT molecular complexity index is 1200. The van der Waals surface area contributed by atoms with Crippen LogP contribution >= 0.6 is 0 Å². The highest BCUT2D eigenvalue weighted by Gasteiger charge is 2.19. The number of aliphatic hydroxyl groups excluding tert-OH is 1. The number of rotatable bonds is 11. The van der Waals surface area contributed by atoms with E-state index < -0.39 is 5.82 Å². The number of ether oxygens (including phenoxy) is 1. The van der Waals surface area contributed by atoms with E-state index in [0.29, 0.717) is 48.7 Å². The number of nitrogens with zero attached hydrogens (tertiary/aromatic N) is 6. The van der Waals surface area contributed by atoms with Crippen molar-refractivity contribution >= 4 is 22.8 Å². The summed E-state index contributed by atoms with van der Waals surface area (Å²) in [5.41, 5.74) is 8.21. The van der Waals surface area contributed by atoms with Gasteiger partial charge in [0, 0.05) is 37.8 Å². The Morgan fingerprint density at radius 1 is 1.37 bits per heavy atom. The quantitative estimate of drug-likeness (QED) is 0.374. The van der Waals surface area contributed by atoms with Crippen LogP contribution in [0.1, 0.15) is 42.9 Å². The minimum Gasteiger partial charge on any atom is -0.395 e. The number of hydrogen-bond donors (Lipinski definition) is 3. The second-order valence-electron chi connectivity index (χ2n) is 8.69. The van der Waals surface area contributed by atoms with Crippen molar-refractivity contribution in [3.63, 3.8) is 0 Å². The van der Waals surface area contributed by atoms with Crippen LogP contribution < -0.4 is 16.0 Å². The molecule has 0 spiro atoms. The molecule has 0 aliphatic carbocycles. The summed E-state index contributed by atoms with van der Waals surface area (Å²) >= 11 is 0. The van der Waals surface area contributed by atoms with Crippen molar-refractivity contribution < 1.29 is 14.2 Å². The molecule has 4 rings (SSSR count). The van der Waals surface area contributed by atoms with Crippen molar-refractivity contribution in [2.24, 2.45) is 0 Å². The van der Waals surface area contributed by atoms with Crippen molar-refractivity contribution in [3.05, 3.63) is 40.8 Å². The monoisotopic (exact) mass is 482 g/mol. The average Bonchev–Trinajstić information content (AvgIpc) is 3.51. The summed E-state index contributed by atoms with van der Waals surface area (Å²) in [5, 5.41) is 27.2. The molecule has 4 N–H and O–H groups in total. The van der Waals surface area contributed by atoms with Gasteiger partial charge in [-0.05, 0) is 30.5 Å². The van der Waals surface area contributed by atoms with Crippen molar-refractivity contribution in [1.29, 1.82) is 5.26 Å². The lowest BCUT2D eigenvalue weighted by molar-refractivity contribution is 0.190. The van der Waals surface area contributed by atoms with Crippen molar-refractivity contribution in [2.45, 2.75) is 45.3 Å². The number of hydrogen-bond acceptors (Lipinski definition) is 9. The highest BCUT2D eigenvalue weighted by molar-refractivity contribution is 5.86. The third-order valence-corrected chi connectivity index (χ3v) is 6.08. The van der Waals surface area contributed by atoms with E-state index in [2.05, 4.69) is 33.4 Å². The molecule has 1 saturated heterocycles. The molecule has 186 valence electrons. The van der Waals surface area contributed by atoms with Crippen molar-refractivity contribution in [1.82, 2.24) is 25.1 Å². The maximum absolute atomic E-state index is 15.1. The van der Waals surface area contributed by atoms with Gasteiger partial charge in [-0.1, -0.05) is 13.3 Å². The molecule has 1 aliphatic rings. The second kappa shape index (κ2) is 11.4. The summed E-state index contributed by atoms with van der Waals surface area (Å²) in [4.78, 5) is 10.6. The third kappa shape index (κ3) is 5.85. The first-order chi connectivity index (χ1) is 17.0. The van der Waals surface area contributed by atoms with E-state index in [9.17, 15) is 10.4 Å². The fraction of sp³-hybridized carbons (Fsp3) is 0.500. The maximum Gasteiger partial charge on any atom is 0.222 e. The lowest BCUT2D eigenvalue weighted by Gasteiger charge is -2.22. The lowest BCUT2D eigenvalue weighted by Crippen LogP contribution is -2.29. The molecule has 11 heteroatoms. The van der Waals surface area contributed by atoms with E-state index in [4.69, 9.17) is 10.5 Å². The molecule has 1 atom stereocenters. The Hall–Kier alpha value is -3.33. The normalized spacial score (nSPS) is 15.5. The number of nitrogens with one attached hydrogen (secondary N) is 1. The van der Waals surface area contributed by atoms with Crippen LogP contribution in [-0.4, -0.2) is 63.8 Å². The Kier molecular flexibility index (Phi) is 8.07. The number of anilines is 2. The number of aromatic nitrogens is 4. The van der Waals surface area contributed by atoms with Gasteiger partial charge in [0.1, 0.15) is 11.3 Å². The maximum atomic E-state index is 15.1. The van der Waals surface area contributed by atoms with Gasteiger partial charge in [-0.3, -0.25) is 4.68 Å². The molecular formula is C24H31FN8O2. The Labute approximate surface area is 203 Å². The topological polar surface area (TPSA) is 138 Å². The molecule has 0 unspecified atom stereocenters. The molecule has 1 aromatic carbocycles. The van der Waals surface area contributed by atoms with Crippen LogP contribution in [0.4, 0.5) is 16.2 Å². The van der Waals surface area contributed by atoms with Gasteiger partial charge in [0.05, 0.1) is 37.6 Å². The smallest absolute Gasteiger partial charge is 0.222 e. The largest absolute Gasteiger partial charge is 0.395 e. The van der Waals surface area contributed by atoms with Gasteiger partial charge in [-0.2, -0.15) is 15.3 Å². The summed E-state index contributed by atoms with van der Waals surface area (Å²) in [5.74, 6) is 0.172. The summed E-state index contributed by atoms with van der Waals surface area (Å²) in [6.45, 7) is 5.00. The van der Waals surface area contributed by atoms with Gasteiger partial charge in [-0.15, -0.1) is 0 Å².